The lowest BCUT2D eigenvalue weighted by atomic mass is 9.95. The second kappa shape index (κ2) is 6.73. The zero-order chi connectivity index (χ0) is 15.6. The standard InChI is InChI=1S/C18H25N3OS/c1-2-22-11-13-6-5-9-21(10-13)17-16-14-7-3-4-8-15(14)23-18(16)20-12-19-17/h12-13H,2-11H2,1H3. The van der Waals surface area contributed by atoms with Crippen LogP contribution < -0.4 is 4.90 Å². The average molecular weight is 331 g/mol. The highest BCUT2D eigenvalue weighted by Gasteiger charge is 2.26. The van der Waals surface area contributed by atoms with Gasteiger partial charge >= 0.3 is 0 Å². The summed E-state index contributed by atoms with van der Waals surface area (Å²) in [6.07, 6.45) is 9.31. The van der Waals surface area contributed by atoms with Crippen LogP contribution in [-0.2, 0) is 17.6 Å². The number of piperidine rings is 1. The summed E-state index contributed by atoms with van der Waals surface area (Å²) in [6, 6.07) is 0. The van der Waals surface area contributed by atoms with Crippen LogP contribution in [0.5, 0.6) is 0 Å². The van der Waals surface area contributed by atoms with Gasteiger partial charge in [-0.05, 0) is 56.9 Å². The van der Waals surface area contributed by atoms with E-state index in [1.807, 2.05) is 11.3 Å². The molecule has 2 aromatic heterocycles. The van der Waals surface area contributed by atoms with E-state index >= 15 is 0 Å². The molecule has 1 aliphatic carbocycles. The van der Waals surface area contributed by atoms with E-state index in [0.717, 1.165) is 26.3 Å². The van der Waals surface area contributed by atoms with E-state index < -0.39 is 0 Å². The van der Waals surface area contributed by atoms with Gasteiger partial charge in [-0.25, -0.2) is 9.97 Å². The van der Waals surface area contributed by atoms with Gasteiger partial charge in [-0.1, -0.05) is 0 Å². The summed E-state index contributed by atoms with van der Waals surface area (Å²) in [7, 11) is 0. The monoisotopic (exact) mass is 331 g/mol. The van der Waals surface area contributed by atoms with Crippen molar-refractivity contribution in [1.82, 2.24) is 9.97 Å². The molecule has 1 saturated heterocycles. The van der Waals surface area contributed by atoms with Gasteiger partial charge in [0.1, 0.15) is 17.0 Å². The number of fused-ring (bicyclic) bond motifs is 3. The molecule has 0 radical (unpaired) electrons. The maximum atomic E-state index is 5.66. The minimum atomic E-state index is 0.628. The number of hydrogen-bond donors (Lipinski definition) is 0. The Bertz CT molecular complexity index is 684. The molecular weight excluding hydrogens is 306 g/mol. The van der Waals surface area contributed by atoms with Crippen molar-refractivity contribution in [2.45, 2.75) is 45.4 Å². The Kier molecular flexibility index (Phi) is 4.49. The Morgan fingerprint density at radius 2 is 2.17 bits per heavy atom. The Morgan fingerprint density at radius 3 is 3.09 bits per heavy atom. The normalized spacial score (nSPS) is 21.6. The first kappa shape index (κ1) is 15.3. The molecule has 3 heterocycles. The van der Waals surface area contributed by atoms with Gasteiger partial charge in [0.2, 0.25) is 0 Å². The molecule has 0 aromatic carbocycles. The number of aromatic nitrogens is 2. The third kappa shape index (κ3) is 2.96. The Morgan fingerprint density at radius 1 is 1.26 bits per heavy atom. The van der Waals surface area contributed by atoms with Crippen LogP contribution in [0.2, 0.25) is 0 Å². The quantitative estimate of drug-likeness (QED) is 0.853. The predicted octanol–water partition coefficient (Wildman–Crippen LogP) is 3.82. The van der Waals surface area contributed by atoms with Crippen molar-refractivity contribution < 1.29 is 4.74 Å². The summed E-state index contributed by atoms with van der Waals surface area (Å²) in [5.41, 5.74) is 1.54. The number of aryl methyl sites for hydroxylation is 2. The van der Waals surface area contributed by atoms with Crippen LogP contribution in [0.25, 0.3) is 10.2 Å². The van der Waals surface area contributed by atoms with Gasteiger partial charge in [-0.3, -0.25) is 0 Å². The first-order valence-corrected chi connectivity index (χ1v) is 9.76. The molecule has 1 atom stereocenters. The van der Waals surface area contributed by atoms with E-state index in [2.05, 4.69) is 16.8 Å². The molecule has 1 fully saturated rings. The Labute approximate surface area is 141 Å². The lowest BCUT2D eigenvalue weighted by molar-refractivity contribution is 0.104. The topological polar surface area (TPSA) is 38.2 Å². The first-order valence-electron chi connectivity index (χ1n) is 8.94. The van der Waals surface area contributed by atoms with Crippen LogP contribution in [-0.4, -0.2) is 36.3 Å². The summed E-state index contributed by atoms with van der Waals surface area (Å²) in [6.45, 7) is 5.94. The van der Waals surface area contributed by atoms with Gasteiger partial charge in [0.15, 0.2) is 0 Å². The zero-order valence-electron chi connectivity index (χ0n) is 13.9. The van der Waals surface area contributed by atoms with Crippen LogP contribution in [0.1, 0.15) is 43.0 Å². The molecule has 1 unspecified atom stereocenters. The van der Waals surface area contributed by atoms with E-state index in [-0.39, 0.29) is 0 Å². The van der Waals surface area contributed by atoms with Crippen molar-refractivity contribution in [3.05, 3.63) is 16.8 Å². The number of ether oxygens (including phenoxy) is 1. The fraction of sp³-hybridized carbons (Fsp3) is 0.667. The summed E-state index contributed by atoms with van der Waals surface area (Å²) < 4.78 is 5.66. The van der Waals surface area contributed by atoms with Crippen molar-refractivity contribution in [3.8, 4) is 0 Å². The molecule has 2 aromatic rings. The molecule has 1 aliphatic heterocycles. The van der Waals surface area contributed by atoms with Crippen molar-refractivity contribution in [3.63, 3.8) is 0 Å². The lowest BCUT2D eigenvalue weighted by Crippen LogP contribution is -2.38. The van der Waals surface area contributed by atoms with Crippen LogP contribution in [0.4, 0.5) is 5.82 Å². The van der Waals surface area contributed by atoms with Crippen molar-refractivity contribution in [1.29, 1.82) is 0 Å². The molecule has 124 valence electrons. The molecule has 2 aliphatic rings. The second-order valence-electron chi connectivity index (χ2n) is 6.70. The van der Waals surface area contributed by atoms with Crippen LogP contribution in [0.3, 0.4) is 0 Å². The Hall–Kier alpha value is -1.20. The summed E-state index contributed by atoms with van der Waals surface area (Å²) in [5.74, 6) is 1.80. The van der Waals surface area contributed by atoms with E-state index in [0.29, 0.717) is 5.92 Å². The van der Waals surface area contributed by atoms with Crippen LogP contribution in [0, 0.1) is 5.92 Å². The van der Waals surface area contributed by atoms with Gasteiger partial charge in [-0.2, -0.15) is 0 Å². The van der Waals surface area contributed by atoms with Crippen molar-refractivity contribution in [2.24, 2.45) is 5.92 Å². The van der Waals surface area contributed by atoms with Crippen LogP contribution in [0.15, 0.2) is 6.33 Å². The highest BCUT2D eigenvalue weighted by atomic mass is 32.1. The first-order chi connectivity index (χ1) is 11.4. The van der Waals surface area contributed by atoms with E-state index in [4.69, 9.17) is 9.72 Å². The SMILES string of the molecule is CCOCC1CCCN(c2ncnc3sc4c(c23)CCCC4)C1. The number of anilines is 1. The van der Waals surface area contributed by atoms with E-state index in [9.17, 15) is 0 Å². The highest BCUT2D eigenvalue weighted by Crippen LogP contribution is 2.40. The fourth-order valence-corrected chi connectivity index (χ4v) is 5.21. The highest BCUT2D eigenvalue weighted by molar-refractivity contribution is 7.19. The van der Waals surface area contributed by atoms with Crippen molar-refractivity contribution in [2.75, 3.05) is 31.2 Å². The summed E-state index contributed by atoms with van der Waals surface area (Å²) in [4.78, 5) is 14.5. The maximum absolute atomic E-state index is 5.66. The number of nitrogens with zero attached hydrogens (tertiary/aromatic N) is 3. The molecule has 0 amide bonds. The molecule has 4 nitrogen and oxygen atoms in total. The lowest BCUT2D eigenvalue weighted by Gasteiger charge is -2.34. The Balaban J connectivity index is 1.66. The van der Waals surface area contributed by atoms with Gasteiger partial charge in [0.05, 0.1) is 12.0 Å². The van der Waals surface area contributed by atoms with Crippen LogP contribution >= 0.6 is 11.3 Å². The molecule has 0 spiro atoms. The van der Waals surface area contributed by atoms with E-state index in [1.54, 1.807) is 16.8 Å². The minimum absolute atomic E-state index is 0.628. The third-order valence-corrected chi connectivity index (χ3v) is 6.31. The van der Waals surface area contributed by atoms with Gasteiger partial charge in [0.25, 0.3) is 0 Å². The second-order valence-corrected chi connectivity index (χ2v) is 7.79. The molecule has 0 saturated carbocycles. The molecule has 4 rings (SSSR count). The van der Waals surface area contributed by atoms with Crippen molar-refractivity contribution >= 4 is 27.4 Å². The number of rotatable bonds is 4. The average Bonchev–Trinajstić information content (AvgIpc) is 2.99. The van der Waals surface area contributed by atoms with Gasteiger partial charge in [0, 0.05) is 24.6 Å². The smallest absolute Gasteiger partial charge is 0.141 e. The summed E-state index contributed by atoms with van der Waals surface area (Å²) in [5, 5.41) is 1.35. The molecule has 0 bridgehead atoms. The largest absolute Gasteiger partial charge is 0.381 e. The third-order valence-electron chi connectivity index (χ3n) is 5.11. The van der Waals surface area contributed by atoms with E-state index in [1.165, 1.54) is 54.6 Å². The summed E-state index contributed by atoms with van der Waals surface area (Å²) >= 11 is 1.89. The molecule has 5 heteroatoms. The number of hydrogen-bond acceptors (Lipinski definition) is 5. The van der Waals surface area contributed by atoms with Gasteiger partial charge < -0.3 is 9.64 Å². The maximum Gasteiger partial charge on any atom is 0.141 e. The molecular formula is C18H25N3OS. The molecule has 23 heavy (non-hydrogen) atoms. The number of thiophene rings is 1. The zero-order valence-corrected chi connectivity index (χ0v) is 14.7. The van der Waals surface area contributed by atoms with Gasteiger partial charge in [-0.15, -0.1) is 11.3 Å². The fourth-order valence-electron chi connectivity index (χ4n) is 3.99. The predicted molar refractivity (Wildman–Crippen MR) is 95.5 cm³/mol. The minimum Gasteiger partial charge on any atom is -0.381 e. The molecule has 0 N–H and O–H groups in total.